The molecule has 4 heteroatoms. The Morgan fingerprint density at radius 1 is 1.56 bits per heavy atom. The van der Waals surface area contributed by atoms with Crippen molar-refractivity contribution in [3.63, 3.8) is 0 Å². The highest BCUT2D eigenvalue weighted by Gasteiger charge is 2.35. The average Bonchev–Trinajstić information content (AvgIpc) is 2.61. The predicted octanol–water partition coefficient (Wildman–Crippen LogP) is 3.28. The number of nitrogens with one attached hydrogen (secondary N) is 1. The Balaban J connectivity index is 1.88. The third-order valence-corrected chi connectivity index (χ3v) is 3.73. The molecule has 0 spiro atoms. The topological polar surface area (TPSA) is 29.1 Å². The van der Waals surface area contributed by atoms with E-state index in [9.17, 15) is 9.18 Å². The van der Waals surface area contributed by atoms with Crippen LogP contribution < -0.4 is 5.32 Å². The molecule has 1 aromatic rings. The van der Waals surface area contributed by atoms with Crippen molar-refractivity contribution in [1.29, 1.82) is 0 Å². The van der Waals surface area contributed by atoms with E-state index in [1.807, 2.05) is 18.2 Å². The Morgan fingerprint density at radius 2 is 2.28 bits per heavy atom. The van der Waals surface area contributed by atoms with E-state index in [4.69, 9.17) is 11.6 Å². The number of hydrogen-bond donors (Lipinski definition) is 1. The summed E-state index contributed by atoms with van der Waals surface area (Å²) in [5, 5.41) is 3.46. The second-order valence-electron chi connectivity index (χ2n) is 5.19. The van der Waals surface area contributed by atoms with Gasteiger partial charge >= 0.3 is 0 Å². The maximum Gasteiger partial charge on any atom is 0.224 e. The zero-order valence-corrected chi connectivity index (χ0v) is 11.1. The molecule has 1 unspecified atom stereocenters. The molecule has 0 heterocycles. The summed E-state index contributed by atoms with van der Waals surface area (Å²) < 4.78 is 13.6. The number of hydrogen-bond acceptors (Lipinski definition) is 1. The van der Waals surface area contributed by atoms with Gasteiger partial charge in [-0.05, 0) is 31.4 Å². The smallest absolute Gasteiger partial charge is 0.224 e. The molecular formula is C14H17ClFNO. The number of alkyl halides is 1. The minimum Gasteiger partial charge on any atom is -0.353 e. The van der Waals surface area contributed by atoms with Crippen LogP contribution in [0.3, 0.4) is 0 Å². The van der Waals surface area contributed by atoms with Crippen LogP contribution >= 0.6 is 11.6 Å². The quantitative estimate of drug-likeness (QED) is 0.896. The lowest BCUT2D eigenvalue weighted by Gasteiger charge is -2.15. The molecule has 0 saturated heterocycles. The van der Waals surface area contributed by atoms with Crippen LogP contribution in [0.1, 0.15) is 31.7 Å². The highest BCUT2D eigenvalue weighted by atomic mass is 35.5. The van der Waals surface area contributed by atoms with E-state index >= 15 is 0 Å². The molecule has 0 aromatic heterocycles. The summed E-state index contributed by atoms with van der Waals surface area (Å²) in [6, 6.07) is 7.22. The molecule has 1 aliphatic carbocycles. The summed E-state index contributed by atoms with van der Waals surface area (Å²) in [5.74, 6) is -0.0919. The Kier molecular flexibility index (Phi) is 3.91. The summed E-state index contributed by atoms with van der Waals surface area (Å²) in [6.07, 6.45) is 1.88. The molecule has 1 amide bonds. The van der Waals surface area contributed by atoms with E-state index in [0.717, 1.165) is 5.56 Å². The van der Waals surface area contributed by atoms with Crippen molar-refractivity contribution in [3.8, 4) is 0 Å². The minimum absolute atomic E-state index is 0.0463. The van der Waals surface area contributed by atoms with Gasteiger partial charge in [-0.2, -0.15) is 0 Å². The average molecular weight is 270 g/mol. The highest BCUT2D eigenvalue weighted by Crippen LogP contribution is 2.32. The van der Waals surface area contributed by atoms with E-state index in [2.05, 4.69) is 5.32 Å². The van der Waals surface area contributed by atoms with E-state index in [1.54, 1.807) is 13.0 Å². The van der Waals surface area contributed by atoms with Crippen molar-refractivity contribution in [2.24, 2.45) is 0 Å². The molecule has 0 aliphatic heterocycles. The lowest BCUT2D eigenvalue weighted by Crippen LogP contribution is -2.35. The van der Waals surface area contributed by atoms with Gasteiger partial charge in [-0.25, -0.2) is 4.39 Å². The van der Waals surface area contributed by atoms with Gasteiger partial charge in [0.25, 0.3) is 0 Å². The van der Waals surface area contributed by atoms with Crippen LogP contribution in [-0.2, 0) is 11.2 Å². The van der Waals surface area contributed by atoms with Crippen LogP contribution in [0.4, 0.5) is 4.39 Å². The van der Waals surface area contributed by atoms with Crippen molar-refractivity contribution in [2.45, 2.75) is 44.3 Å². The maximum absolute atomic E-state index is 13.6. The monoisotopic (exact) mass is 269 g/mol. The fourth-order valence-electron chi connectivity index (χ4n) is 2.41. The van der Waals surface area contributed by atoms with Crippen molar-refractivity contribution in [3.05, 3.63) is 34.9 Å². The standard InChI is InChI=1S/C14H17ClFNO/c1-14(16)7-6-11(9-14)17-13(18)8-10-4-2-3-5-12(10)15/h2-5,11H,6-9H2,1H3,(H,17,18)/t11-,14?/m0/s1. The molecule has 1 N–H and O–H groups in total. The molecule has 1 aliphatic rings. The molecule has 2 nitrogen and oxygen atoms in total. The first-order valence-corrected chi connectivity index (χ1v) is 6.56. The first-order chi connectivity index (χ1) is 8.46. The SMILES string of the molecule is CC1(F)CC[C@H](NC(=O)Cc2ccccc2Cl)C1. The van der Waals surface area contributed by atoms with Crippen LogP contribution in [0.2, 0.25) is 5.02 Å². The molecule has 0 radical (unpaired) electrons. The largest absolute Gasteiger partial charge is 0.353 e. The summed E-state index contributed by atoms with van der Waals surface area (Å²) in [7, 11) is 0. The van der Waals surface area contributed by atoms with Gasteiger partial charge in [-0.1, -0.05) is 29.8 Å². The molecular weight excluding hydrogens is 253 g/mol. The van der Waals surface area contributed by atoms with Crippen LogP contribution in [0.5, 0.6) is 0 Å². The molecule has 1 aromatic carbocycles. The molecule has 2 atom stereocenters. The summed E-state index contributed by atoms with van der Waals surface area (Å²) >= 11 is 5.99. The van der Waals surface area contributed by atoms with Gasteiger partial charge in [0.05, 0.1) is 6.42 Å². The number of rotatable bonds is 3. The van der Waals surface area contributed by atoms with Crippen molar-refractivity contribution >= 4 is 17.5 Å². The maximum atomic E-state index is 13.6. The van der Waals surface area contributed by atoms with Crippen molar-refractivity contribution < 1.29 is 9.18 Å². The minimum atomic E-state index is -1.14. The number of amides is 1. The summed E-state index contributed by atoms with van der Waals surface area (Å²) in [4.78, 5) is 11.8. The number of carbonyl (C=O) groups is 1. The van der Waals surface area contributed by atoms with Gasteiger partial charge in [0.15, 0.2) is 0 Å². The molecule has 18 heavy (non-hydrogen) atoms. The fraction of sp³-hybridized carbons (Fsp3) is 0.500. The zero-order valence-electron chi connectivity index (χ0n) is 10.4. The second kappa shape index (κ2) is 5.27. The normalized spacial score (nSPS) is 27.2. The Hall–Kier alpha value is -1.09. The Morgan fingerprint density at radius 3 is 2.89 bits per heavy atom. The van der Waals surface area contributed by atoms with Gasteiger partial charge in [-0.3, -0.25) is 4.79 Å². The summed E-state index contributed by atoms with van der Waals surface area (Å²) in [6.45, 7) is 1.59. The molecule has 1 saturated carbocycles. The van der Waals surface area contributed by atoms with E-state index in [1.165, 1.54) is 0 Å². The third kappa shape index (κ3) is 3.45. The predicted molar refractivity (Wildman–Crippen MR) is 70.5 cm³/mol. The first-order valence-electron chi connectivity index (χ1n) is 6.18. The van der Waals surface area contributed by atoms with Crippen LogP contribution in [0.15, 0.2) is 24.3 Å². The molecule has 2 rings (SSSR count). The van der Waals surface area contributed by atoms with Gasteiger partial charge in [0, 0.05) is 17.5 Å². The third-order valence-electron chi connectivity index (χ3n) is 3.36. The van der Waals surface area contributed by atoms with E-state index < -0.39 is 5.67 Å². The van der Waals surface area contributed by atoms with E-state index in [0.29, 0.717) is 24.3 Å². The Labute approximate surface area is 112 Å². The van der Waals surface area contributed by atoms with Crippen molar-refractivity contribution in [2.75, 3.05) is 0 Å². The van der Waals surface area contributed by atoms with Gasteiger partial charge in [-0.15, -0.1) is 0 Å². The van der Waals surface area contributed by atoms with Crippen LogP contribution in [0, 0.1) is 0 Å². The fourth-order valence-corrected chi connectivity index (χ4v) is 2.61. The number of halogens is 2. The van der Waals surface area contributed by atoms with Gasteiger partial charge < -0.3 is 5.32 Å². The molecule has 1 fully saturated rings. The molecule has 0 bridgehead atoms. The van der Waals surface area contributed by atoms with Gasteiger partial charge in [0.2, 0.25) is 5.91 Å². The van der Waals surface area contributed by atoms with Crippen LogP contribution in [0.25, 0.3) is 0 Å². The number of carbonyl (C=O) groups excluding carboxylic acids is 1. The lowest BCUT2D eigenvalue weighted by molar-refractivity contribution is -0.121. The Bertz CT molecular complexity index is 447. The number of benzene rings is 1. The lowest BCUT2D eigenvalue weighted by atomic mass is 10.1. The van der Waals surface area contributed by atoms with Crippen LogP contribution in [-0.4, -0.2) is 17.6 Å². The van der Waals surface area contributed by atoms with Gasteiger partial charge in [0.1, 0.15) is 5.67 Å². The zero-order chi connectivity index (χ0) is 13.2. The first kappa shape index (κ1) is 13.3. The van der Waals surface area contributed by atoms with Crippen molar-refractivity contribution in [1.82, 2.24) is 5.32 Å². The van der Waals surface area contributed by atoms with E-state index in [-0.39, 0.29) is 18.4 Å². The second-order valence-corrected chi connectivity index (χ2v) is 5.60. The highest BCUT2D eigenvalue weighted by molar-refractivity contribution is 6.31. The summed E-state index contributed by atoms with van der Waals surface area (Å²) in [5.41, 5.74) is -0.333. The molecule has 98 valence electrons.